The lowest BCUT2D eigenvalue weighted by molar-refractivity contribution is -0.118. The van der Waals surface area contributed by atoms with Crippen molar-refractivity contribution in [3.8, 4) is 11.5 Å². The first-order valence-corrected chi connectivity index (χ1v) is 11.9. The van der Waals surface area contributed by atoms with Gasteiger partial charge < -0.3 is 14.8 Å². The van der Waals surface area contributed by atoms with Crippen LogP contribution in [0.4, 0.5) is 16.2 Å². The summed E-state index contributed by atoms with van der Waals surface area (Å²) in [5.41, 5.74) is 2.88. The van der Waals surface area contributed by atoms with Crippen molar-refractivity contribution in [3.63, 3.8) is 0 Å². The fraction of sp³-hybridized carbons (Fsp3) is 0.148. The number of hydrogen-bond acceptors (Lipinski definition) is 6. The van der Waals surface area contributed by atoms with Crippen LogP contribution >= 0.6 is 11.8 Å². The molecule has 0 spiro atoms. The fourth-order valence-electron chi connectivity index (χ4n) is 3.46. The molecule has 1 aliphatic heterocycles. The summed E-state index contributed by atoms with van der Waals surface area (Å²) in [5.74, 6) is 0.173. The summed E-state index contributed by atoms with van der Waals surface area (Å²) in [6.07, 6.45) is 1.64. The molecular weight excluding hydrogens is 464 g/mol. The minimum atomic E-state index is -0.377. The highest BCUT2D eigenvalue weighted by Crippen LogP contribution is 2.37. The Bertz CT molecular complexity index is 1290. The second-order valence-corrected chi connectivity index (χ2v) is 8.64. The molecule has 35 heavy (non-hydrogen) atoms. The summed E-state index contributed by atoms with van der Waals surface area (Å²) in [7, 11) is 0. The van der Waals surface area contributed by atoms with Crippen LogP contribution in [-0.4, -0.2) is 30.3 Å². The van der Waals surface area contributed by atoms with Crippen LogP contribution in [0.5, 0.6) is 11.5 Å². The number of amides is 3. The summed E-state index contributed by atoms with van der Waals surface area (Å²) in [6, 6.07) is 21.4. The Morgan fingerprint density at radius 3 is 2.46 bits per heavy atom. The number of benzene rings is 3. The van der Waals surface area contributed by atoms with Crippen molar-refractivity contribution in [1.29, 1.82) is 0 Å². The average molecular weight is 489 g/mol. The van der Waals surface area contributed by atoms with Crippen LogP contribution in [0.25, 0.3) is 6.08 Å². The molecule has 0 saturated carbocycles. The predicted molar refractivity (Wildman–Crippen MR) is 138 cm³/mol. The lowest BCUT2D eigenvalue weighted by Gasteiger charge is -2.13. The summed E-state index contributed by atoms with van der Waals surface area (Å²) in [5, 5.41) is 2.48. The summed E-state index contributed by atoms with van der Waals surface area (Å²) in [6.45, 7) is 3.95. The molecule has 0 unspecified atom stereocenters. The fourth-order valence-corrected chi connectivity index (χ4v) is 4.30. The normalized spacial score (nSPS) is 14.3. The highest BCUT2D eigenvalue weighted by atomic mass is 32.2. The molecule has 1 N–H and O–H groups in total. The number of anilines is 2. The topological polar surface area (TPSA) is 84.9 Å². The molecular formula is C27H24N2O5S. The van der Waals surface area contributed by atoms with E-state index in [0.29, 0.717) is 34.3 Å². The highest BCUT2D eigenvalue weighted by Gasteiger charge is 2.36. The smallest absolute Gasteiger partial charge is 0.298 e. The second-order valence-electron chi connectivity index (χ2n) is 7.64. The molecule has 1 aliphatic rings. The van der Waals surface area contributed by atoms with Gasteiger partial charge in [0.25, 0.3) is 17.1 Å². The number of nitrogens with one attached hydrogen (secondary N) is 1. The van der Waals surface area contributed by atoms with Crippen molar-refractivity contribution in [2.45, 2.75) is 13.8 Å². The number of aryl methyl sites for hydroxylation is 1. The van der Waals surface area contributed by atoms with Crippen LogP contribution in [0.3, 0.4) is 0 Å². The number of carbonyl (C=O) groups excluding carboxylic acids is 3. The molecule has 0 bridgehead atoms. The molecule has 3 amide bonds. The maximum Gasteiger partial charge on any atom is 0.298 e. The standard InChI is InChI=1S/C27H24N2O5S/c1-3-33-23-15-19(16-24-26(31)29(27(32)35-24)20-10-5-4-6-11-20)13-14-22(23)34-17-25(30)28-21-12-8-7-9-18(21)2/h4-16H,3,17H2,1-2H3,(H,28,30)/b24-16+. The predicted octanol–water partition coefficient (Wildman–Crippen LogP) is 5.65. The van der Waals surface area contributed by atoms with Gasteiger partial charge in [0.05, 0.1) is 17.2 Å². The van der Waals surface area contributed by atoms with E-state index in [-0.39, 0.29) is 23.7 Å². The molecule has 3 aromatic rings. The molecule has 0 aliphatic carbocycles. The van der Waals surface area contributed by atoms with E-state index in [4.69, 9.17) is 9.47 Å². The van der Waals surface area contributed by atoms with E-state index in [0.717, 1.165) is 27.9 Å². The second kappa shape index (κ2) is 10.9. The maximum absolute atomic E-state index is 12.9. The minimum absolute atomic E-state index is 0.191. The minimum Gasteiger partial charge on any atom is -0.490 e. The van der Waals surface area contributed by atoms with Gasteiger partial charge in [0.1, 0.15) is 0 Å². The first-order chi connectivity index (χ1) is 17.0. The van der Waals surface area contributed by atoms with Crippen molar-refractivity contribution in [2.24, 2.45) is 0 Å². The van der Waals surface area contributed by atoms with Crippen molar-refractivity contribution in [3.05, 3.63) is 88.8 Å². The van der Waals surface area contributed by atoms with Gasteiger partial charge >= 0.3 is 0 Å². The largest absolute Gasteiger partial charge is 0.490 e. The van der Waals surface area contributed by atoms with Gasteiger partial charge in [0, 0.05) is 5.69 Å². The van der Waals surface area contributed by atoms with Crippen molar-refractivity contribution in [1.82, 2.24) is 0 Å². The average Bonchev–Trinajstić information content (AvgIpc) is 3.13. The summed E-state index contributed by atoms with van der Waals surface area (Å²) < 4.78 is 11.4. The molecule has 7 nitrogen and oxygen atoms in total. The number of hydrogen-bond donors (Lipinski definition) is 1. The number of para-hydroxylation sites is 2. The number of nitrogens with zero attached hydrogens (tertiary/aromatic N) is 1. The van der Waals surface area contributed by atoms with E-state index in [1.165, 1.54) is 0 Å². The van der Waals surface area contributed by atoms with Gasteiger partial charge in [-0.15, -0.1) is 0 Å². The van der Waals surface area contributed by atoms with Crippen LogP contribution in [0, 0.1) is 6.92 Å². The first kappa shape index (κ1) is 24.1. The van der Waals surface area contributed by atoms with Gasteiger partial charge in [-0.25, -0.2) is 4.90 Å². The van der Waals surface area contributed by atoms with Crippen LogP contribution in [0.1, 0.15) is 18.1 Å². The van der Waals surface area contributed by atoms with Gasteiger partial charge in [0.2, 0.25) is 0 Å². The van der Waals surface area contributed by atoms with Crippen molar-refractivity contribution < 1.29 is 23.9 Å². The third kappa shape index (κ3) is 5.73. The molecule has 3 aromatic carbocycles. The molecule has 178 valence electrons. The molecule has 0 atom stereocenters. The summed E-state index contributed by atoms with van der Waals surface area (Å²) >= 11 is 0.885. The Labute approximate surface area is 207 Å². The number of ether oxygens (including phenoxy) is 2. The Morgan fingerprint density at radius 1 is 0.971 bits per heavy atom. The Kier molecular flexibility index (Phi) is 7.52. The third-order valence-electron chi connectivity index (χ3n) is 5.15. The van der Waals surface area contributed by atoms with Gasteiger partial charge in [-0.3, -0.25) is 14.4 Å². The SMILES string of the molecule is CCOc1cc(/C=C2/SC(=O)N(c3ccccc3)C2=O)ccc1OCC(=O)Nc1ccccc1C. The van der Waals surface area contributed by atoms with E-state index in [2.05, 4.69) is 5.32 Å². The van der Waals surface area contributed by atoms with Crippen molar-refractivity contribution >= 4 is 46.3 Å². The van der Waals surface area contributed by atoms with Crippen LogP contribution in [-0.2, 0) is 9.59 Å². The zero-order chi connectivity index (χ0) is 24.8. The van der Waals surface area contributed by atoms with E-state index < -0.39 is 0 Å². The highest BCUT2D eigenvalue weighted by molar-refractivity contribution is 8.19. The molecule has 4 rings (SSSR count). The van der Waals surface area contributed by atoms with Crippen LogP contribution in [0.15, 0.2) is 77.7 Å². The van der Waals surface area contributed by atoms with Gasteiger partial charge in [-0.2, -0.15) is 0 Å². The quantitative estimate of drug-likeness (QED) is 0.412. The van der Waals surface area contributed by atoms with Crippen LogP contribution < -0.4 is 19.7 Å². The first-order valence-electron chi connectivity index (χ1n) is 11.0. The Hall–Kier alpha value is -4.04. The Balaban J connectivity index is 1.48. The molecule has 1 saturated heterocycles. The van der Waals surface area contributed by atoms with E-state index in [1.807, 2.05) is 44.2 Å². The lowest BCUT2D eigenvalue weighted by Crippen LogP contribution is -2.27. The van der Waals surface area contributed by atoms with E-state index in [9.17, 15) is 14.4 Å². The zero-order valence-electron chi connectivity index (χ0n) is 19.3. The molecule has 0 aromatic heterocycles. The maximum atomic E-state index is 12.9. The van der Waals surface area contributed by atoms with Crippen molar-refractivity contribution in [2.75, 3.05) is 23.4 Å². The van der Waals surface area contributed by atoms with Gasteiger partial charge in [-0.1, -0.05) is 42.5 Å². The Morgan fingerprint density at radius 2 is 1.71 bits per heavy atom. The summed E-state index contributed by atoms with van der Waals surface area (Å²) in [4.78, 5) is 39.1. The molecule has 8 heteroatoms. The van der Waals surface area contributed by atoms with Crippen LogP contribution in [0.2, 0.25) is 0 Å². The molecule has 1 fully saturated rings. The van der Waals surface area contributed by atoms with E-state index >= 15 is 0 Å². The number of imide groups is 1. The van der Waals surface area contributed by atoms with Gasteiger partial charge in [0.15, 0.2) is 18.1 Å². The lowest BCUT2D eigenvalue weighted by atomic mass is 10.1. The number of rotatable bonds is 8. The molecule has 1 heterocycles. The monoisotopic (exact) mass is 488 g/mol. The van der Waals surface area contributed by atoms with E-state index in [1.54, 1.807) is 48.5 Å². The number of carbonyl (C=O) groups is 3. The molecule has 0 radical (unpaired) electrons. The zero-order valence-corrected chi connectivity index (χ0v) is 20.1. The number of thioether (sulfide) groups is 1. The van der Waals surface area contributed by atoms with Gasteiger partial charge in [-0.05, 0) is 73.1 Å². The third-order valence-corrected chi connectivity index (χ3v) is 6.02.